The van der Waals surface area contributed by atoms with Crippen molar-refractivity contribution in [3.8, 4) is 6.07 Å². The predicted octanol–water partition coefficient (Wildman–Crippen LogP) is 5.65. The van der Waals surface area contributed by atoms with E-state index in [1.807, 2.05) is 0 Å². The number of hydrogen-bond donors (Lipinski definition) is 0. The topological polar surface area (TPSA) is 23.8 Å². The molecule has 0 radical (unpaired) electrons. The second-order valence-corrected chi connectivity index (χ2v) is 7.89. The highest BCUT2D eigenvalue weighted by atomic mass is 19.1. The summed E-state index contributed by atoms with van der Waals surface area (Å²) in [5, 5.41) is 8.99. The zero-order chi connectivity index (χ0) is 14.7. The number of nitrogens with zero attached hydrogens (tertiary/aromatic N) is 1. The fourth-order valence-corrected chi connectivity index (χ4v) is 5.41. The molecule has 3 unspecified atom stereocenters. The number of hydrogen-bond acceptors (Lipinski definition) is 1. The van der Waals surface area contributed by atoms with Gasteiger partial charge in [-0.05, 0) is 68.6 Å². The first kappa shape index (κ1) is 15.3. The molecule has 0 aromatic heterocycles. The van der Waals surface area contributed by atoms with Gasteiger partial charge in [0.05, 0.1) is 6.07 Å². The van der Waals surface area contributed by atoms with Crippen LogP contribution in [0.25, 0.3) is 0 Å². The lowest BCUT2D eigenvalue weighted by atomic mass is 9.65. The Morgan fingerprint density at radius 2 is 1.38 bits per heavy atom. The summed E-state index contributed by atoms with van der Waals surface area (Å²) in [6.07, 6.45) is 13.7. The van der Waals surface area contributed by atoms with Crippen LogP contribution in [-0.2, 0) is 0 Å². The van der Waals surface area contributed by atoms with E-state index in [0.717, 1.165) is 44.4 Å². The average molecular weight is 291 g/mol. The van der Waals surface area contributed by atoms with Gasteiger partial charge in [-0.25, -0.2) is 4.39 Å². The average Bonchev–Trinajstić information content (AvgIpc) is 2.56. The second kappa shape index (κ2) is 7.12. The van der Waals surface area contributed by atoms with Crippen LogP contribution in [0.15, 0.2) is 0 Å². The normalized spacial score (nSPS) is 42.4. The van der Waals surface area contributed by atoms with Crippen molar-refractivity contribution in [1.29, 1.82) is 5.26 Å². The summed E-state index contributed by atoms with van der Waals surface area (Å²) < 4.78 is 14.8. The molecule has 3 atom stereocenters. The van der Waals surface area contributed by atoms with Gasteiger partial charge in [-0.3, -0.25) is 0 Å². The van der Waals surface area contributed by atoms with Crippen LogP contribution in [0.5, 0.6) is 0 Å². The molecule has 0 spiro atoms. The number of halogens is 1. The van der Waals surface area contributed by atoms with Crippen LogP contribution >= 0.6 is 0 Å². The summed E-state index contributed by atoms with van der Waals surface area (Å²) in [5.74, 6) is 2.62. The van der Waals surface area contributed by atoms with Gasteiger partial charge in [-0.2, -0.15) is 5.26 Å². The molecule has 3 aliphatic rings. The van der Waals surface area contributed by atoms with Gasteiger partial charge in [-0.15, -0.1) is 0 Å². The van der Waals surface area contributed by atoms with E-state index in [-0.39, 0.29) is 5.92 Å². The Kier molecular flexibility index (Phi) is 5.19. The van der Waals surface area contributed by atoms with E-state index in [2.05, 4.69) is 6.07 Å². The predicted molar refractivity (Wildman–Crippen MR) is 83.4 cm³/mol. The minimum absolute atomic E-state index is 0.248. The SMILES string of the molecule is N#CC1CCC(C2CCC(C3CCCCC3)CC2F)CC1. The van der Waals surface area contributed by atoms with Crippen LogP contribution in [0, 0.1) is 40.9 Å². The molecule has 0 aromatic carbocycles. The van der Waals surface area contributed by atoms with E-state index in [1.54, 1.807) is 0 Å². The van der Waals surface area contributed by atoms with Crippen molar-refractivity contribution in [2.45, 2.75) is 83.2 Å². The molecule has 0 aliphatic heterocycles. The molecule has 2 heteroatoms. The zero-order valence-electron chi connectivity index (χ0n) is 13.3. The molecule has 118 valence electrons. The van der Waals surface area contributed by atoms with Crippen LogP contribution in [0.4, 0.5) is 4.39 Å². The van der Waals surface area contributed by atoms with Gasteiger partial charge in [0.15, 0.2) is 0 Å². The van der Waals surface area contributed by atoms with E-state index in [0.29, 0.717) is 17.8 Å². The first-order valence-electron chi connectivity index (χ1n) is 9.31. The van der Waals surface area contributed by atoms with Crippen LogP contribution in [-0.4, -0.2) is 6.17 Å². The third kappa shape index (κ3) is 3.61. The molecular formula is C19H30FN. The van der Waals surface area contributed by atoms with Gasteiger partial charge in [0.1, 0.15) is 6.17 Å². The van der Waals surface area contributed by atoms with Gasteiger partial charge in [0.2, 0.25) is 0 Å². The number of alkyl halides is 1. The molecule has 3 fully saturated rings. The van der Waals surface area contributed by atoms with Crippen LogP contribution in [0.3, 0.4) is 0 Å². The Bertz CT molecular complexity index is 360. The maximum absolute atomic E-state index is 14.8. The highest BCUT2D eigenvalue weighted by molar-refractivity contribution is 4.92. The highest BCUT2D eigenvalue weighted by Gasteiger charge is 2.39. The van der Waals surface area contributed by atoms with Gasteiger partial charge in [-0.1, -0.05) is 32.1 Å². The number of rotatable bonds is 2. The second-order valence-electron chi connectivity index (χ2n) is 7.89. The Balaban J connectivity index is 1.50. The third-order valence-corrected chi connectivity index (χ3v) is 6.74. The summed E-state index contributed by atoms with van der Waals surface area (Å²) in [4.78, 5) is 0. The summed E-state index contributed by atoms with van der Waals surface area (Å²) >= 11 is 0. The molecule has 21 heavy (non-hydrogen) atoms. The summed E-state index contributed by atoms with van der Waals surface area (Å²) in [7, 11) is 0. The van der Waals surface area contributed by atoms with Gasteiger partial charge in [0.25, 0.3) is 0 Å². The first-order valence-corrected chi connectivity index (χ1v) is 9.31. The summed E-state index contributed by atoms with van der Waals surface area (Å²) in [6, 6.07) is 2.39. The van der Waals surface area contributed by atoms with Gasteiger partial charge < -0.3 is 0 Å². The van der Waals surface area contributed by atoms with Crippen LogP contribution < -0.4 is 0 Å². The molecule has 3 saturated carbocycles. The van der Waals surface area contributed by atoms with Crippen molar-refractivity contribution in [2.24, 2.45) is 29.6 Å². The highest BCUT2D eigenvalue weighted by Crippen LogP contribution is 2.46. The van der Waals surface area contributed by atoms with Gasteiger partial charge in [0, 0.05) is 5.92 Å². The van der Waals surface area contributed by atoms with Crippen LogP contribution in [0.1, 0.15) is 77.0 Å². The van der Waals surface area contributed by atoms with E-state index in [9.17, 15) is 4.39 Å². The zero-order valence-corrected chi connectivity index (χ0v) is 13.3. The Labute approximate surface area is 129 Å². The fourth-order valence-electron chi connectivity index (χ4n) is 5.41. The molecule has 3 aliphatic carbocycles. The van der Waals surface area contributed by atoms with E-state index in [1.165, 1.54) is 38.5 Å². The maximum atomic E-state index is 14.8. The van der Waals surface area contributed by atoms with Crippen molar-refractivity contribution in [2.75, 3.05) is 0 Å². The minimum atomic E-state index is -0.561. The summed E-state index contributed by atoms with van der Waals surface area (Å²) in [5.41, 5.74) is 0. The smallest absolute Gasteiger partial charge is 0.103 e. The lowest BCUT2D eigenvalue weighted by molar-refractivity contribution is 0.0392. The molecule has 0 saturated heterocycles. The van der Waals surface area contributed by atoms with Crippen molar-refractivity contribution in [3.63, 3.8) is 0 Å². The largest absolute Gasteiger partial charge is 0.247 e. The van der Waals surface area contributed by atoms with E-state index in [4.69, 9.17) is 5.26 Å². The molecule has 1 nitrogen and oxygen atoms in total. The minimum Gasteiger partial charge on any atom is -0.247 e. The van der Waals surface area contributed by atoms with Crippen LogP contribution in [0.2, 0.25) is 0 Å². The Morgan fingerprint density at radius 1 is 0.714 bits per heavy atom. The first-order chi connectivity index (χ1) is 10.3. The molecular weight excluding hydrogens is 261 g/mol. The Hall–Kier alpha value is -0.580. The van der Waals surface area contributed by atoms with Crippen molar-refractivity contribution in [3.05, 3.63) is 0 Å². The molecule has 0 amide bonds. The fraction of sp³-hybridized carbons (Fsp3) is 0.947. The maximum Gasteiger partial charge on any atom is 0.103 e. The molecule has 0 bridgehead atoms. The number of nitriles is 1. The quantitative estimate of drug-likeness (QED) is 0.645. The lowest BCUT2D eigenvalue weighted by Crippen LogP contribution is -2.36. The molecule has 3 rings (SSSR count). The molecule has 0 heterocycles. The monoisotopic (exact) mass is 291 g/mol. The standard InChI is InChI=1S/C19H30FN/c20-19-12-17(15-4-2-1-3-5-15)10-11-18(19)16-8-6-14(13-21)7-9-16/h14-19H,1-12H2. The third-order valence-electron chi connectivity index (χ3n) is 6.74. The van der Waals surface area contributed by atoms with Crippen molar-refractivity contribution < 1.29 is 4.39 Å². The van der Waals surface area contributed by atoms with E-state index < -0.39 is 6.17 Å². The summed E-state index contributed by atoms with van der Waals surface area (Å²) in [6.45, 7) is 0. The lowest BCUT2D eigenvalue weighted by Gasteiger charge is -2.41. The van der Waals surface area contributed by atoms with Crippen molar-refractivity contribution in [1.82, 2.24) is 0 Å². The van der Waals surface area contributed by atoms with Gasteiger partial charge >= 0.3 is 0 Å². The van der Waals surface area contributed by atoms with Crippen molar-refractivity contribution >= 4 is 0 Å². The molecule has 0 N–H and O–H groups in total. The molecule has 0 aromatic rings. The van der Waals surface area contributed by atoms with E-state index >= 15 is 0 Å². The Morgan fingerprint density at radius 3 is 2.00 bits per heavy atom.